The molecule has 1 aliphatic rings. The second kappa shape index (κ2) is 6.76. The maximum atomic E-state index is 5.28. The van der Waals surface area contributed by atoms with Crippen molar-refractivity contribution in [3.05, 3.63) is 30.3 Å². The molecule has 0 aromatic heterocycles. The van der Waals surface area contributed by atoms with E-state index in [0.29, 0.717) is 0 Å². The van der Waals surface area contributed by atoms with E-state index in [1.165, 1.54) is 18.5 Å². The number of rotatable bonds is 5. The number of hydrogen-bond acceptors (Lipinski definition) is 3. The molecule has 0 spiro atoms. The zero-order chi connectivity index (χ0) is 12.8. The summed E-state index contributed by atoms with van der Waals surface area (Å²) in [7, 11) is 3.43. The smallest absolute Gasteiger partial charge is 0.157 e. The summed E-state index contributed by atoms with van der Waals surface area (Å²) < 4.78 is 10.6. The van der Waals surface area contributed by atoms with E-state index in [1.807, 2.05) is 0 Å². The van der Waals surface area contributed by atoms with Gasteiger partial charge in [0, 0.05) is 39.4 Å². The molecule has 0 saturated carbocycles. The monoisotopic (exact) mass is 249 g/mol. The van der Waals surface area contributed by atoms with Crippen molar-refractivity contribution in [1.82, 2.24) is 0 Å². The quantitative estimate of drug-likeness (QED) is 0.749. The molecule has 1 saturated heterocycles. The van der Waals surface area contributed by atoms with Crippen LogP contribution in [-0.4, -0.2) is 33.6 Å². The van der Waals surface area contributed by atoms with Crippen molar-refractivity contribution in [2.24, 2.45) is 5.92 Å². The molecule has 0 N–H and O–H groups in total. The Balaban J connectivity index is 1.81. The summed E-state index contributed by atoms with van der Waals surface area (Å²) in [6.45, 7) is 2.27. The summed E-state index contributed by atoms with van der Waals surface area (Å²) in [6.07, 6.45) is 3.41. The first-order valence-corrected chi connectivity index (χ1v) is 6.69. The van der Waals surface area contributed by atoms with Crippen LogP contribution in [0.5, 0.6) is 0 Å². The number of nitrogens with zero attached hydrogens (tertiary/aromatic N) is 1. The average molecular weight is 249 g/mol. The van der Waals surface area contributed by atoms with Gasteiger partial charge in [-0.15, -0.1) is 0 Å². The lowest BCUT2D eigenvalue weighted by atomic mass is 9.93. The lowest BCUT2D eigenvalue weighted by Gasteiger charge is -2.34. The van der Waals surface area contributed by atoms with Gasteiger partial charge in [-0.2, -0.15) is 0 Å². The molecule has 1 fully saturated rings. The molecule has 0 bridgehead atoms. The SMILES string of the molecule is COC(CC1CCN(c2ccccc2)CC1)OC. The van der Waals surface area contributed by atoms with Gasteiger partial charge in [0.15, 0.2) is 6.29 Å². The first-order valence-electron chi connectivity index (χ1n) is 6.69. The van der Waals surface area contributed by atoms with Gasteiger partial charge >= 0.3 is 0 Å². The number of hydrogen-bond donors (Lipinski definition) is 0. The van der Waals surface area contributed by atoms with Crippen LogP contribution in [0.4, 0.5) is 5.69 Å². The van der Waals surface area contributed by atoms with Crippen molar-refractivity contribution in [2.45, 2.75) is 25.6 Å². The fourth-order valence-corrected chi connectivity index (χ4v) is 2.63. The number of ether oxygens (including phenoxy) is 2. The third-order valence-electron chi connectivity index (χ3n) is 3.79. The minimum Gasteiger partial charge on any atom is -0.372 e. The van der Waals surface area contributed by atoms with E-state index in [0.717, 1.165) is 25.4 Å². The molecule has 18 heavy (non-hydrogen) atoms. The topological polar surface area (TPSA) is 21.7 Å². The van der Waals surface area contributed by atoms with E-state index >= 15 is 0 Å². The van der Waals surface area contributed by atoms with Gasteiger partial charge in [-0.3, -0.25) is 0 Å². The molecule has 2 rings (SSSR count). The lowest BCUT2D eigenvalue weighted by Crippen LogP contribution is -2.35. The van der Waals surface area contributed by atoms with Crippen molar-refractivity contribution >= 4 is 5.69 Å². The van der Waals surface area contributed by atoms with Crippen molar-refractivity contribution in [2.75, 3.05) is 32.2 Å². The molecule has 0 amide bonds. The molecular formula is C15H23NO2. The van der Waals surface area contributed by atoms with Crippen molar-refractivity contribution in [1.29, 1.82) is 0 Å². The van der Waals surface area contributed by atoms with Crippen LogP contribution < -0.4 is 4.90 Å². The maximum absolute atomic E-state index is 5.28. The standard InChI is InChI=1S/C15H23NO2/c1-17-15(18-2)12-13-8-10-16(11-9-13)14-6-4-3-5-7-14/h3-7,13,15H,8-12H2,1-2H3. The van der Waals surface area contributed by atoms with E-state index in [9.17, 15) is 0 Å². The Kier molecular flexibility index (Phi) is 5.02. The Labute approximate surface area is 110 Å². The van der Waals surface area contributed by atoms with Crippen molar-refractivity contribution in [3.63, 3.8) is 0 Å². The summed E-state index contributed by atoms with van der Waals surface area (Å²) in [5.74, 6) is 0.717. The van der Waals surface area contributed by atoms with Crippen LogP contribution in [-0.2, 0) is 9.47 Å². The third-order valence-corrected chi connectivity index (χ3v) is 3.79. The number of piperidine rings is 1. The van der Waals surface area contributed by atoms with Crippen LogP contribution >= 0.6 is 0 Å². The number of para-hydroxylation sites is 1. The normalized spacial score (nSPS) is 17.4. The minimum absolute atomic E-state index is 0.0433. The first-order chi connectivity index (χ1) is 8.83. The number of anilines is 1. The van der Waals surface area contributed by atoms with Gasteiger partial charge in [-0.1, -0.05) is 18.2 Å². The lowest BCUT2D eigenvalue weighted by molar-refractivity contribution is -0.115. The van der Waals surface area contributed by atoms with E-state index in [2.05, 4.69) is 35.2 Å². The van der Waals surface area contributed by atoms with Crippen LogP contribution in [0.25, 0.3) is 0 Å². The van der Waals surface area contributed by atoms with Crippen LogP contribution in [0.15, 0.2) is 30.3 Å². The van der Waals surface area contributed by atoms with Gasteiger partial charge in [-0.25, -0.2) is 0 Å². The molecule has 0 atom stereocenters. The van der Waals surface area contributed by atoms with Crippen molar-refractivity contribution < 1.29 is 9.47 Å². The minimum atomic E-state index is -0.0433. The average Bonchev–Trinajstić information content (AvgIpc) is 2.46. The second-order valence-electron chi connectivity index (χ2n) is 4.90. The summed E-state index contributed by atoms with van der Waals surface area (Å²) in [5, 5.41) is 0. The number of benzene rings is 1. The summed E-state index contributed by atoms with van der Waals surface area (Å²) in [6, 6.07) is 10.7. The summed E-state index contributed by atoms with van der Waals surface area (Å²) in [4.78, 5) is 2.46. The Bertz CT molecular complexity index is 330. The first kappa shape index (κ1) is 13.4. The zero-order valence-electron chi connectivity index (χ0n) is 11.3. The van der Waals surface area contributed by atoms with E-state index in [4.69, 9.17) is 9.47 Å². The van der Waals surface area contributed by atoms with Gasteiger partial charge in [-0.05, 0) is 30.9 Å². The molecule has 1 aromatic rings. The molecule has 0 unspecified atom stereocenters. The van der Waals surface area contributed by atoms with Crippen LogP contribution in [0.1, 0.15) is 19.3 Å². The predicted octanol–water partition coefficient (Wildman–Crippen LogP) is 2.91. The van der Waals surface area contributed by atoms with Gasteiger partial charge in [0.05, 0.1) is 0 Å². The highest BCUT2D eigenvalue weighted by molar-refractivity contribution is 5.46. The Hall–Kier alpha value is -1.06. The highest BCUT2D eigenvalue weighted by Crippen LogP contribution is 2.26. The summed E-state index contributed by atoms with van der Waals surface area (Å²) >= 11 is 0. The van der Waals surface area contributed by atoms with Gasteiger partial charge in [0.25, 0.3) is 0 Å². The van der Waals surface area contributed by atoms with E-state index < -0.39 is 0 Å². The van der Waals surface area contributed by atoms with Gasteiger partial charge in [0.1, 0.15) is 0 Å². The zero-order valence-corrected chi connectivity index (χ0v) is 11.3. The predicted molar refractivity (Wildman–Crippen MR) is 73.8 cm³/mol. The fourth-order valence-electron chi connectivity index (χ4n) is 2.63. The second-order valence-corrected chi connectivity index (χ2v) is 4.90. The van der Waals surface area contributed by atoms with Gasteiger partial charge < -0.3 is 14.4 Å². The van der Waals surface area contributed by atoms with Crippen LogP contribution in [0.2, 0.25) is 0 Å². The van der Waals surface area contributed by atoms with Crippen LogP contribution in [0.3, 0.4) is 0 Å². The molecular weight excluding hydrogens is 226 g/mol. The molecule has 0 aliphatic carbocycles. The van der Waals surface area contributed by atoms with Crippen molar-refractivity contribution in [3.8, 4) is 0 Å². The largest absolute Gasteiger partial charge is 0.372 e. The Morgan fingerprint density at radius 3 is 2.28 bits per heavy atom. The molecule has 3 heteroatoms. The Morgan fingerprint density at radius 2 is 1.72 bits per heavy atom. The van der Waals surface area contributed by atoms with E-state index in [1.54, 1.807) is 14.2 Å². The number of methoxy groups -OCH3 is 2. The summed E-state index contributed by atoms with van der Waals surface area (Å²) in [5.41, 5.74) is 1.34. The molecule has 3 nitrogen and oxygen atoms in total. The van der Waals surface area contributed by atoms with Gasteiger partial charge in [0.2, 0.25) is 0 Å². The Morgan fingerprint density at radius 1 is 1.11 bits per heavy atom. The van der Waals surface area contributed by atoms with Crippen LogP contribution in [0, 0.1) is 5.92 Å². The third kappa shape index (κ3) is 3.47. The molecule has 1 heterocycles. The fraction of sp³-hybridized carbons (Fsp3) is 0.600. The highest BCUT2D eigenvalue weighted by atomic mass is 16.7. The molecule has 1 aliphatic heterocycles. The molecule has 100 valence electrons. The molecule has 0 radical (unpaired) electrons. The maximum Gasteiger partial charge on any atom is 0.157 e. The van der Waals surface area contributed by atoms with E-state index in [-0.39, 0.29) is 6.29 Å². The highest BCUT2D eigenvalue weighted by Gasteiger charge is 2.22. The molecule has 1 aromatic carbocycles.